The quantitative estimate of drug-likeness (QED) is 0.677. The van der Waals surface area contributed by atoms with Gasteiger partial charge in [0, 0.05) is 5.56 Å². The van der Waals surface area contributed by atoms with Crippen molar-refractivity contribution in [2.45, 2.75) is 6.04 Å². The number of para-hydroxylation sites is 1. The van der Waals surface area contributed by atoms with Crippen molar-refractivity contribution in [3.8, 4) is 23.0 Å². The molecule has 0 bridgehead atoms. The number of hydrogen-bond acceptors (Lipinski definition) is 5. The fourth-order valence-corrected chi connectivity index (χ4v) is 3.09. The van der Waals surface area contributed by atoms with Gasteiger partial charge in [-0.3, -0.25) is 4.79 Å². The normalized spacial score (nSPS) is 11.7. The molecule has 2 rings (SSSR count). The van der Waals surface area contributed by atoms with Gasteiger partial charge in [-0.2, -0.15) is 0 Å². The first-order valence-electron chi connectivity index (χ1n) is 8.97. The number of ether oxygens (including phenoxy) is 4. The summed E-state index contributed by atoms with van der Waals surface area (Å²) in [6.07, 6.45) is 0. The number of benzene rings is 2. The number of quaternary nitrogens is 1. The van der Waals surface area contributed by atoms with Crippen molar-refractivity contribution >= 4 is 5.91 Å². The number of carbonyl (C=O) groups is 1. The number of amides is 1. The molecule has 2 aromatic carbocycles. The Balaban J connectivity index is 2.24. The van der Waals surface area contributed by atoms with Crippen molar-refractivity contribution in [1.29, 1.82) is 0 Å². The average Bonchev–Trinajstić information content (AvgIpc) is 2.72. The predicted octanol–water partition coefficient (Wildman–Crippen LogP) is 1.34. The molecule has 1 amide bonds. The van der Waals surface area contributed by atoms with Gasteiger partial charge < -0.3 is 29.2 Å². The number of hydrogen-bond donors (Lipinski definition) is 2. The summed E-state index contributed by atoms with van der Waals surface area (Å²) in [4.78, 5) is 14.0. The van der Waals surface area contributed by atoms with Gasteiger partial charge in [-0.25, -0.2) is 0 Å². The highest BCUT2D eigenvalue weighted by Gasteiger charge is 2.23. The Morgan fingerprint density at radius 1 is 0.929 bits per heavy atom. The summed E-state index contributed by atoms with van der Waals surface area (Å²) in [6, 6.07) is 11.1. The molecule has 0 aliphatic heterocycles. The third kappa shape index (κ3) is 4.67. The van der Waals surface area contributed by atoms with Crippen LogP contribution in [-0.4, -0.2) is 55.0 Å². The van der Waals surface area contributed by atoms with Crippen LogP contribution in [0.15, 0.2) is 36.4 Å². The van der Waals surface area contributed by atoms with E-state index >= 15 is 0 Å². The third-order valence-electron chi connectivity index (χ3n) is 4.60. The predicted molar refractivity (Wildman–Crippen MR) is 107 cm³/mol. The standard InChI is InChI=1S/C21H28N2O5/c1-23(2)16(15-9-7-8-10-17(15)25-3)13-22-21(24)14-11-18(26-4)20(28-6)19(12-14)27-5/h7-12,16H,13H2,1-6H3,(H,22,24)/p+1/t16-/m0/s1. The molecule has 0 unspecified atom stereocenters. The second-order valence-corrected chi connectivity index (χ2v) is 6.50. The van der Waals surface area contributed by atoms with E-state index < -0.39 is 0 Å². The van der Waals surface area contributed by atoms with Crippen LogP contribution in [0.5, 0.6) is 23.0 Å². The summed E-state index contributed by atoms with van der Waals surface area (Å²) >= 11 is 0. The Bertz CT molecular complexity index is 782. The lowest BCUT2D eigenvalue weighted by molar-refractivity contribution is -0.890. The molecular formula is C21H29N2O5+. The van der Waals surface area contributed by atoms with Crippen LogP contribution in [0.2, 0.25) is 0 Å². The molecule has 0 heterocycles. The molecule has 0 aliphatic rings. The maximum Gasteiger partial charge on any atom is 0.251 e. The highest BCUT2D eigenvalue weighted by molar-refractivity contribution is 5.95. The lowest BCUT2D eigenvalue weighted by atomic mass is 10.0. The summed E-state index contributed by atoms with van der Waals surface area (Å²) in [7, 11) is 10.3. The zero-order chi connectivity index (χ0) is 20.7. The first kappa shape index (κ1) is 21.4. The molecule has 1 atom stereocenters. The monoisotopic (exact) mass is 389 g/mol. The van der Waals surface area contributed by atoms with E-state index in [0.717, 1.165) is 11.3 Å². The summed E-state index contributed by atoms with van der Waals surface area (Å²) in [5.74, 6) is 1.90. The smallest absolute Gasteiger partial charge is 0.251 e. The number of carbonyl (C=O) groups excluding carboxylic acids is 1. The molecule has 0 spiro atoms. The molecule has 0 aromatic heterocycles. The van der Waals surface area contributed by atoms with Gasteiger partial charge in [0.1, 0.15) is 11.8 Å². The number of methoxy groups -OCH3 is 4. The minimum atomic E-state index is -0.222. The summed E-state index contributed by atoms with van der Waals surface area (Å²) in [5, 5.41) is 3.00. The van der Waals surface area contributed by atoms with Gasteiger partial charge in [-0.05, 0) is 24.3 Å². The maximum atomic E-state index is 12.8. The largest absolute Gasteiger partial charge is 0.496 e. The van der Waals surface area contributed by atoms with Crippen molar-refractivity contribution < 1.29 is 28.6 Å². The average molecular weight is 389 g/mol. The zero-order valence-corrected chi connectivity index (χ0v) is 17.3. The summed E-state index contributed by atoms with van der Waals surface area (Å²) < 4.78 is 21.4. The van der Waals surface area contributed by atoms with Crippen LogP contribution in [-0.2, 0) is 0 Å². The Labute approximate surface area is 166 Å². The van der Waals surface area contributed by atoms with Gasteiger partial charge in [-0.15, -0.1) is 0 Å². The van der Waals surface area contributed by atoms with Crippen LogP contribution in [0.4, 0.5) is 0 Å². The van der Waals surface area contributed by atoms with Crippen molar-refractivity contribution in [3.63, 3.8) is 0 Å². The van der Waals surface area contributed by atoms with E-state index in [-0.39, 0.29) is 11.9 Å². The lowest BCUT2D eigenvalue weighted by Gasteiger charge is -2.24. The molecule has 0 radical (unpaired) electrons. The Morgan fingerprint density at radius 3 is 2.00 bits per heavy atom. The minimum Gasteiger partial charge on any atom is -0.496 e. The first-order valence-corrected chi connectivity index (χ1v) is 8.97. The van der Waals surface area contributed by atoms with Crippen molar-refractivity contribution in [1.82, 2.24) is 5.32 Å². The number of likely N-dealkylation sites (N-methyl/N-ethyl adjacent to an activating group) is 1. The Morgan fingerprint density at radius 2 is 1.50 bits per heavy atom. The van der Waals surface area contributed by atoms with E-state index in [2.05, 4.69) is 5.32 Å². The van der Waals surface area contributed by atoms with Crippen LogP contribution in [0, 0.1) is 0 Å². The van der Waals surface area contributed by atoms with Crippen molar-refractivity contribution in [2.75, 3.05) is 49.1 Å². The van der Waals surface area contributed by atoms with Crippen molar-refractivity contribution in [2.24, 2.45) is 0 Å². The fraction of sp³-hybridized carbons (Fsp3) is 0.381. The van der Waals surface area contributed by atoms with E-state index in [4.69, 9.17) is 18.9 Å². The molecule has 0 aliphatic carbocycles. The van der Waals surface area contributed by atoms with Gasteiger partial charge in [0.05, 0.1) is 54.6 Å². The lowest BCUT2D eigenvalue weighted by Crippen LogP contribution is -3.07. The molecule has 0 saturated carbocycles. The van der Waals surface area contributed by atoms with Gasteiger partial charge in [0.25, 0.3) is 5.91 Å². The SMILES string of the molecule is COc1ccccc1[C@H](CNC(=O)c1cc(OC)c(OC)c(OC)c1)[NH+](C)C. The molecule has 2 aromatic rings. The number of nitrogens with one attached hydrogen (secondary N) is 2. The van der Waals surface area contributed by atoms with Crippen LogP contribution < -0.4 is 29.2 Å². The highest BCUT2D eigenvalue weighted by Crippen LogP contribution is 2.38. The molecule has 28 heavy (non-hydrogen) atoms. The van der Waals surface area contributed by atoms with Crippen LogP contribution in [0.25, 0.3) is 0 Å². The summed E-state index contributed by atoms with van der Waals surface area (Å²) in [6.45, 7) is 0.443. The molecule has 0 fully saturated rings. The minimum absolute atomic E-state index is 0.0298. The van der Waals surface area contributed by atoms with Crippen molar-refractivity contribution in [3.05, 3.63) is 47.5 Å². The second-order valence-electron chi connectivity index (χ2n) is 6.50. The van der Waals surface area contributed by atoms with E-state index in [0.29, 0.717) is 29.4 Å². The first-order chi connectivity index (χ1) is 13.5. The van der Waals surface area contributed by atoms with Gasteiger partial charge in [0.15, 0.2) is 11.5 Å². The van der Waals surface area contributed by atoms with Gasteiger partial charge in [-0.1, -0.05) is 12.1 Å². The topological polar surface area (TPSA) is 70.5 Å². The molecule has 7 heteroatoms. The Kier molecular flexibility index (Phi) is 7.52. The second kappa shape index (κ2) is 9.85. The number of rotatable bonds is 9. The van der Waals surface area contributed by atoms with Gasteiger partial charge >= 0.3 is 0 Å². The molecule has 152 valence electrons. The molecule has 2 N–H and O–H groups in total. The van der Waals surface area contributed by atoms with E-state index in [1.54, 1.807) is 19.2 Å². The highest BCUT2D eigenvalue weighted by atomic mass is 16.5. The van der Waals surface area contributed by atoms with Crippen LogP contribution in [0.1, 0.15) is 22.0 Å². The molecule has 7 nitrogen and oxygen atoms in total. The molecular weight excluding hydrogens is 360 g/mol. The third-order valence-corrected chi connectivity index (χ3v) is 4.60. The fourth-order valence-electron chi connectivity index (χ4n) is 3.09. The summed E-state index contributed by atoms with van der Waals surface area (Å²) in [5.41, 5.74) is 1.47. The van der Waals surface area contributed by atoms with Crippen LogP contribution in [0.3, 0.4) is 0 Å². The maximum absolute atomic E-state index is 12.8. The molecule has 0 saturated heterocycles. The Hall–Kier alpha value is -2.93. The van der Waals surface area contributed by atoms with Crippen LogP contribution >= 0.6 is 0 Å². The van der Waals surface area contributed by atoms with E-state index in [9.17, 15) is 4.79 Å². The zero-order valence-electron chi connectivity index (χ0n) is 17.3. The van der Waals surface area contributed by atoms with Gasteiger partial charge in [0.2, 0.25) is 5.75 Å². The van der Waals surface area contributed by atoms with E-state index in [1.165, 1.54) is 26.2 Å². The van der Waals surface area contributed by atoms with E-state index in [1.807, 2.05) is 38.4 Å².